The van der Waals surface area contributed by atoms with Crippen molar-refractivity contribution in [3.63, 3.8) is 0 Å². The molecule has 1 heterocycles. The van der Waals surface area contributed by atoms with Gasteiger partial charge in [-0.3, -0.25) is 4.79 Å². The zero-order chi connectivity index (χ0) is 19.3. The average Bonchev–Trinajstić information content (AvgIpc) is 3.15. The Morgan fingerprint density at radius 2 is 1.78 bits per heavy atom. The second-order valence-corrected chi connectivity index (χ2v) is 9.02. The summed E-state index contributed by atoms with van der Waals surface area (Å²) in [6.45, 7) is 1.92. The zero-order valence-corrected chi connectivity index (χ0v) is 16.4. The molecular weight excluding hydrogens is 382 g/mol. The predicted molar refractivity (Wildman–Crippen MR) is 105 cm³/mol. The number of thiazole rings is 1. The van der Waals surface area contributed by atoms with Crippen molar-refractivity contribution in [2.75, 3.05) is 5.75 Å². The minimum atomic E-state index is -3.50. The molecule has 3 rings (SSSR count). The molecule has 0 unspecified atom stereocenters. The third kappa shape index (κ3) is 5.24. The smallest absolute Gasteiger partial charge is 0.307 e. The number of ether oxygens (including phenoxy) is 1. The molecule has 7 heteroatoms. The maximum absolute atomic E-state index is 12.3. The van der Waals surface area contributed by atoms with Crippen molar-refractivity contribution in [2.24, 2.45) is 0 Å². The van der Waals surface area contributed by atoms with Crippen LogP contribution in [0.1, 0.15) is 17.7 Å². The fourth-order valence-corrected chi connectivity index (χ4v) is 4.43. The van der Waals surface area contributed by atoms with Crippen molar-refractivity contribution >= 4 is 27.1 Å². The van der Waals surface area contributed by atoms with E-state index in [0.717, 1.165) is 16.1 Å². The summed E-state index contributed by atoms with van der Waals surface area (Å²) in [5, 5.41) is 2.68. The number of aromatic nitrogens is 1. The molecule has 0 fully saturated rings. The number of aryl methyl sites for hydroxylation is 1. The summed E-state index contributed by atoms with van der Waals surface area (Å²) in [7, 11) is -3.50. The third-order valence-corrected chi connectivity index (χ3v) is 6.58. The van der Waals surface area contributed by atoms with Gasteiger partial charge in [0.05, 0.1) is 22.8 Å². The number of esters is 1. The van der Waals surface area contributed by atoms with Gasteiger partial charge in [-0.2, -0.15) is 0 Å². The number of carbonyl (C=O) groups is 1. The lowest BCUT2D eigenvalue weighted by molar-refractivity contribution is -0.144. The van der Waals surface area contributed by atoms with E-state index in [2.05, 4.69) is 4.98 Å². The highest BCUT2D eigenvalue weighted by molar-refractivity contribution is 7.91. The van der Waals surface area contributed by atoms with Crippen LogP contribution in [0, 0.1) is 6.92 Å². The van der Waals surface area contributed by atoms with Crippen molar-refractivity contribution < 1.29 is 17.9 Å². The second-order valence-electron chi connectivity index (χ2n) is 6.05. The highest BCUT2D eigenvalue weighted by Crippen LogP contribution is 2.23. The molecule has 0 spiro atoms. The first-order valence-corrected chi connectivity index (χ1v) is 10.9. The lowest BCUT2D eigenvalue weighted by Crippen LogP contribution is -2.13. The van der Waals surface area contributed by atoms with Crippen LogP contribution in [0.2, 0.25) is 0 Å². The summed E-state index contributed by atoms with van der Waals surface area (Å²) in [6, 6.07) is 16.3. The number of carbonyl (C=O) groups excluding carboxylic acids is 1. The predicted octanol–water partition coefficient (Wildman–Crippen LogP) is 4.03. The lowest BCUT2D eigenvalue weighted by atomic mass is 10.2. The molecule has 1 aromatic heterocycles. The SMILES string of the molecule is Cc1ccc(S(=O)(=O)CCC(=O)OCc2csc(-c3ccccc3)n2)cc1. The van der Waals surface area contributed by atoms with Crippen molar-refractivity contribution in [1.29, 1.82) is 0 Å². The van der Waals surface area contributed by atoms with Crippen LogP contribution in [-0.4, -0.2) is 25.1 Å². The van der Waals surface area contributed by atoms with Crippen LogP contribution >= 0.6 is 11.3 Å². The van der Waals surface area contributed by atoms with E-state index in [4.69, 9.17) is 4.74 Å². The molecule has 0 atom stereocenters. The molecule has 0 bridgehead atoms. The molecule has 27 heavy (non-hydrogen) atoms. The molecule has 0 aliphatic carbocycles. The summed E-state index contributed by atoms with van der Waals surface area (Å²) < 4.78 is 29.7. The van der Waals surface area contributed by atoms with Crippen LogP contribution in [0.4, 0.5) is 0 Å². The van der Waals surface area contributed by atoms with Gasteiger partial charge >= 0.3 is 5.97 Å². The highest BCUT2D eigenvalue weighted by Gasteiger charge is 2.17. The van der Waals surface area contributed by atoms with Gasteiger partial charge in [0.15, 0.2) is 9.84 Å². The molecule has 0 radical (unpaired) electrons. The van der Waals surface area contributed by atoms with E-state index in [9.17, 15) is 13.2 Å². The monoisotopic (exact) mass is 401 g/mol. The van der Waals surface area contributed by atoms with E-state index in [1.165, 1.54) is 11.3 Å². The molecule has 0 aliphatic heterocycles. The molecule has 0 amide bonds. The summed E-state index contributed by atoms with van der Waals surface area (Å²) in [5.74, 6) is -0.832. The molecule has 0 aliphatic rings. The van der Waals surface area contributed by atoms with E-state index in [1.54, 1.807) is 24.3 Å². The first-order valence-electron chi connectivity index (χ1n) is 8.39. The molecule has 0 saturated heterocycles. The van der Waals surface area contributed by atoms with Gasteiger partial charge in [0.25, 0.3) is 0 Å². The molecule has 0 N–H and O–H groups in total. The maximum atomic E-state index is 12.3. The Hall–Kier alpha value is -2.51. The zero-order valence-electron chi connectivity index (χ0n) is 14.8. The highest BCUT2D eigenvalue weighted by atomic mass is 32.2. The number of benzene rings is 2. The molecular formula is C20H19NO4S2. The number of nitrogens with zero attached hydrogens (tertiary/aromatic N) is 1. The first-order chi connectivity index (χ1) is 12.9. The van der Waals surface area contributed by atoms with Crippen molar-refractivity contribution in [3.05, 3.63) is 71.2 Å². The number of rotatable bonds is 7. The largest absolute Gasteiger partial charge is 0.459 e. The molecule has 2 aromatic carbocycles. The quantitative estimate of drug-likeness (QED) is 0.559. The van der Waals surface area contributed by atoms with Crippen molar-refractivity contribution in [3.8, 4) is 10.6 Å². The van der Waals surface area contributed by atoms with Crippen LogP contribution in [0.25, 0.3) is 10.6 Å². The summed E-state index contributed by atoms with van der Waals surface area (Å²) in [4.78, 5) is 16.6. The van der Waals surface area contributed by atoms with Crippen LogP contribution < -0.4 is 0 Å². The fraction of sp³-hybridized carbons (Fsp3) is 0.200. The maximum Gasteiger partial charge on any atom is 0.307 e. The van der Waals surface area contributed by atoms with Gasteiger partial charge in [-0.05, 0) is 19.1 Å². The van der Waals surface area contributed by atoms with Gasteiger partial charge in [-0.1, -0.05) is 48.0 Å². The summed E-state index contributed by atoms with van der Waals surface area (Å²) in [6.07, 6.45) is -0.189. The van der Waals surface area contributed by atoms with Crippen LogP contribution in [0.15, 0.2) is 64.9 Å². The van der Waals surface area contributed by atoms with Crippen molar-refractivity contribution in [2.45, 2.75) is 24.8 Å². The Kier molecular flexibility index (Phi) is 6.03. The van der Waals surface area contributed by atoms with Gasteiger partial charge < -0.3 is 4.74 Å². The second kappa shape index (κ2) is 8.45. The van der Waals surface area contributed by atoms with Crippen LogP contribution in [-0.2, 0) is 26.0 Å². The summed E-state index contributed by atoms with van der Waals surface area (Å²) >= 11 is 1.47. The van der Waals surface area contributed by atoms with Gasteiger partial charge in [-0.25, -0.2) is 13.4 Å². The average molecular weight is 402 g/mol. The molecule has 0 saturated carbocycles. The topological polar surface area (TPSA) is 73.3 Å². The standard InChI is InChI=1S/C20H19NO4S2/c1-15-7-9-18(10-8-15)27(23,24)12-11-19(22)25-13-17-14-26-20(21-17)16-5-3-2-4-6-16/h2-10,14H,11-13H2,1H3. The van der Waals surface area contributed by atoms with Gasteiger partial charge in [-0.15, -0.1) is 11.3 Å². The van der Waals surface area contributed by atoms with Crippen molar-refractivity contribution in [1.82, 2.24) is 4.98 Å². The normalized spacial score (nSPS) is 11.3. The Morgan fingerprint density at radius 3 is 2.48 bits per heavy atom. The molecule has 5 nitrogen and oxygen atoms in total. The Morgan fingerprint density at radius 1 is 1.07 bits per heavy atom. The minimum absolute atomic E-state index is 0.0345. The molecule has 3 aromatic rings. The van der Waals surface area contributed by atoms with E-state index >= 15 is 0 Å². The third-order valence-electron chi connectivity index (χ3n) is 3.91. The summed E-state index contributed by atoms with van der Waals surface area (Å²) in [5.41, 5.74) is 2.63. The minimum Gasteiger partial charge on any atom is -0.459 e. The number of sulfone groups is 1. The van der Waals surface area contributed by atoms with E-state index in [1.807, 2.05) is 42.6 Å². The van der Waals surface area contributed by atoms with E-state index < -0.39 is 15.8 Å². The first kappa shape index (κ1) is 19.3. The van der Waals surface area contributed by atoms with Crippen LogP contribution in [0.5, 0.6) is 0 Å². The Balaban J connectivity index is 1.51. The van der Waals surface area contributed by atoms with Crippen LogP contribution in [0.3, 0.4) is 0 Å². The lowest BCUT2D eigenvalue weighted by Gasteiger charge is -2.05. The fourth-order valence-electron chi connectivity index (χ4n) is 2.39. The van der Waals surface area contributed by atoms with E-state index in [-0.39, 0.29) is 23.7 Å². The molecule has 140 valence electrons. The van der Waals surface area contributed by atoms with Gasteiger partial charge in [0.2, 0.25) is 0 Å². The van der Waals surface area contributed by atoms with Gasteiger partial charge in [0, 0.05) is 10.9 Å². The Bertz CT molecular complexity index is 1010. The number of hydrogen-bond donors (Lipinski definition) is 0. The van der Waals surface area contributed by atoms with Gasteiger partial charge in [0.1, 0.15) is 11.6 Å². The number of hydrogen-bond acceptors (Lipinski definition) is 6. The van der Waals surface area contributed by atoms with E-state index in [0.29, 0.717) is 5.69 Å². The Labute approximate surface area is 162 Å².